The van der Waals surface area contributed by atoms with Crippen LogP contribution < -0.4 is 4.74 Å². The third kappa shape index (κ3) is 4.56. The van der Waals surface area contributed by atoms with Crippen LogP contribution in [0.4, 0.5) is 0 Å². The topological polar surface area (TPSA) is 57.0 Å². The first-order chi connectivity index (χ1) is 13.5. The lowest BCUT2D eigenvalue weighted by atomic mass is 10.1. The van der Waals surface area contributed by atoms with Crippen LogP contribution in [0.3, 0.4) is 0 Å². The number of rotatable bonds is 8. The molecule has 28 heavy (non-hydrogen) atoms. The van der Waals surface area contributed by atoms with Crippen LogP contribution in [0, 0.1) is 6.92 Å². The Bertz CT molecular complexity index is 988. The molecule has 0 aliphatic heterocycles. The minimum absolute atomic E-state index is 0.0160. The number of carbonyl (C=O) groups is 1. The van der Waals surface area contributed by atoms with Crippen LogP contribution in [-0.2, 0) is 6.54 Å². The van der Waals surface area contributed by atoms with Crippen molar-refractivity contribution in [2.24, 2.45) is 0 Å². The van der Waals surface area contributed by atoms with Crippen LogP contribution in [0.5, 0.6) is 5.75 Å². The summed E-state index contributed by atoms with van der Waals surface area (Å²) in [5, 5.41) is 9.87. The van der Waals surface area contributed by atoms with Crippen molar-refractivity contribution in [2.45, 2.75) is 32.0 Å². The first-order valence-corrected chi connectivity index (χ1v) is 10.4. The molecule has 0 amide bonds. The van der Waals surface area contributed by atoms with Gasteiger partial charge in [0, 0.05) is 17.7 Å². The quantitative estimate of drug-likeness (QED) is 0.369. The van der Waals surface area contributed by atoms with E-state index in [2.05, 4.69) is 40.7 Å². The van der Waals surface area contributed by atoms with Gasteiger partial charge in [-0.1, -0.05) is 54.0 Å². The Kier molecular flexibility index (Phi) is 6.75. The zero-order valence-electron chi connectivity index (χ0n) is 16.1. The fourth-order valence-corrected chi connectivity index (χ4v) is 3.99. The van der Waals surface area contributed by atoms with E-state index in [1.807, 2.05) is 12.1 Å². The van der Waals surface area contributed by atoms with Gasteiger partial charge < -0.3 is 9.30 Å². The van der Waals surface area contributed by atoms with E-state index in [0.29, 0.717) is 16.3 Å². The Morgan fingerprint density at radius 3 is 2.71 bits per heavy atom. The maximum Gasteiger partial charge on any atom is 0.191 e. The van der Waals surface area contributed by atoms with Gasteiger partial charge in [0.05, 0.1) is 17.9 Å². The molecular formula is C21H22ClN3O2S. The molecule has 0 atom stereocenters. The Balaban J connectivity index is 1.79. The largest absolute Gasteiger partial charge is 0.495 e. The number of aromatic nitrogens is 3. The van der Waals surface area contributed by atoms with Gasteiger partial charge in [-0.2, -0.15) is 0 Å². The number of benzene rings is 2. The maximum atomic E-state index is 12.6. The molecular weight excluding hydrogens is 394 g/mol. The van der Waals surface area contributed by atoms with Gasteiger partial charge in [-0.25, -0.2) is 0 Å². The van der Waals surface area contributed by atoms with Crippen LogP contribution in [0.15, 0.2) is 47.6 Å². The molecule has 5 nitrogen and oxygen atoms in total. The summed E-state index contributed by atoms with van der Waals surface area (Å²) in [6.07, 6.45) is 0.951. The Morgan fingerprint density at radius 2 is 2.04 bits per heavy atom. The molecule has 1 heterocycles. The fourth-order valence-electron chi connectivity index (χ4n) is 2.87. The van der Waals surface area contributed by atoms with Gasteiger partial charge in [0.2, 0.25) is 0 Å². The highest BCUT2D eigenvalue weighted by Crippen LogP contribution is 2.28. The molecule has 0 unspecified atom stereocenters. The molecule has 0 spiro atoms. The molecule has 0 saturated heterocycles. The number of nitrogens with zero attached hydrogens (tertiary/aromatic N) is 3. The number of ether oxygens (including phenoxy) is 1. The summed E-state index contributed by atoms with van der Waals surface area (Å²) in [5.74, 6) is 1.63. The number of thioether (sulfide) groups is 1. The SMILES string of the molecule is CCCn1c(SCC(=O)c2ccc(OC)c(Cl)c2)nnc1-c1cccc(C)c1. The van der Waals surface area contributed by atoms with Crippen molar-refractivity contribution < 1.29 is 9.53 Å². The van der Waals surface area contributed by atoms with Crippen LogP contribution in [0.2, 0.25) is 5.02 Å². The van der Waals surface area contributed by atoms with Crippen LogP contribution in [0.25, 0.3) is 11.4 Å². The summed E-state index contributed by atoms with van der Waals surface area (Å²) in [6.45, 7) is 4.96. The second-order valence-corrected chi connectivity index (χ2v) is 7.74. The Morgan fingerprint density at radius 1 is 1.21 bits per heavy atom. The van der Waals surface area contributed by atoms with Gasteiger partial charge in [-0.15, -0.1) is 10.2 Å². The van der Waals surface area contributed by atoms with Gasteiger partial charge in [0.15, 0.2) is 16.8 Å². The first kappa shape index (κ1) is 20.4. The summed E-state index contributed by atoms with van der Waals surface area (Å²) in [7, 11) is 1.55. The average molecular weight is 416 g/mol. The molecule has 146 valence electrons. The minimum Gasteiger partial charge on any atom is -0.495 e. The smallest absolute Gasteiger partial charge is 0.191 e. The number of methoxy groups -OCH3 is 1. The van der Waals surface area contributed by atoms with Gasteiger partial charge >= 0.3 is 0 Å². The molecule has 0 aliphatic rings. The molecule has 0 saturated carbocycles. The molecule has 0 N–H and O–H groups in total. The van der Waals surface area contributed by atoms with E-state index in [-0.39, 0.29) is 11.5 Å². The summed E-state index contributed by atoms with van der Waals surface area (Å²) in [5.41, 5.74) is 2.75. The highest BCUT2D eigenvalue weighted by atomic mass is 35.5. The van der Waals surface area contributed by atoms with Crippen LogP contribution in [-0.4, -0.2) is 33.4 Å². The standard InChI is InChI=1S/C21H22ClN3O2S/c1-4-10-25-20(16-7-5-6-14(2)11-16)23-24-21(25)28-13-18(26)15-8-9-19(27-3)17(22)12-15/h5-9,11-12H,4,10,13H2,1-3H3. The zero-order chi connectivity index (χ0) is 20.1. The zero-order valence-corrected chi connectivity index (χ0v) is 17.7. The molecule has 3 aromatic rings. The predicted octanol–water partition coefficient (Wildman–Crippen LogP) is 5.30. The molecule has 7 heteroatoms. The predicted molar refractivity (Wildman–Crippen MR) is 114 cm³/mol. The first-order valence-electron chi connectivity index (χ1n) is 9.03. The van der Waals surface area contributed by atoms with E-state index < -0.39 is 0 Å². The Labute approximate surface area is 174 Å². The van der Waals surface area contributed by atoms with E-state index >= 15 is 0 Å². The molecule has 2 aromatic carbocycles. The Hall–Kier alpha value is -2.31. The molecule has 1 aromatic heterocycles. The second-order valence-electron chi connectivity index (χ2n) is 6.39. The number of carbonyl (C=O) groups excluding carboxylic acids is 1. The van der Waals surface area contributed by atoms with E-state index in [1.54, 1.807) is 25.3 Å². The summed E-state index contributed by atoms with van der Waals surface area (Å²) in [4.78, 5) is 12.6. The monoisotopic (exact) mass is 415 g/mol. The number of ketones is 1. The molecule has 0 fully saturated rings. The fraction of sp³-hybridized carbons (Fsp3) is 0.286. The third-order valence-corrected chi connectivity index (χ3v) is 5.51. The lowest BCUT2D eigenvalue weighted by Crippen LogP contribution is -2.06. The second kappa shape index (κ2) is 9.26. The molecule has 0 radical (unpaired) electrons. The molecule has 3 rings (SSSR count). The average Bonchev–Trinajstić information content (AvgIpc) is 3.09. The van der Waals surface area contributed by atoms with Crippen molar-refractivity contribution in [3.8, 4) is 17.1 Å². The van der Waals surface area contributed by atoms with Crippen molar-refractivity contribution in [1.29, 1.82) is 0 Å². The lowest BCUT2D eigenvalue weighted by Gasteiger charge is -2.09. The van der Waals surface area contributed by atoms with Crippen LogP contribution in [0.1, 0.15) is 29.3 Å². The number of aryl methyl sites for hydroxylation is 1. The summed E-state index contributed by atoms with van der Waals surface area (Å²) >= 11 is 7.52. The van der Waals surface area contributed by atoms with E-state index in [1.165, 1.54) is 17.3 Å². The number of hydrogen-bond donors (Lipinski definition) is 0. The normalized spacial score (nSPS) is 10.9. The van der Waals surface area contributed by atoms with Gasteiger partial charge in [-0.3, -0.25) is 4.79 Å². The summed E-state index contributed by atoms with van der Waals surface area (Å²) in [6, 6.07) is 13.3. The minimum atomic E-state index is -0.0160. The highest BCUT2D eigenvalue weighted by Gasteiger charge is 2.16. The van der Waals surface area contributed by atoms with Crippen molar-refractivity contribution >= 4 is 29.1 Å². The van der Waals surface area contributed by atoms with E-state index in [0.717, 1.165) is 29.5 Å². The van der Waals surface area contributed by atoms with Gasteiger partial charge in [-0.05, 0) is 37.6 Å². The molecule has 0 aliphatic carbocycles. The van der Waals surface area contributed by atoms with E-state index in [4.69, 9.17) is 16.3 Å². The number of Topliss-reactive ketones (excluding diaryl/α,β-unsaturated/α-hetero) is 1. The van der Waals surface area contributed by atoms with Crippen molar-refractivity contribution in [2.75, 3.05) is 12.9 Å². The third-order valence-electron chi connectivity index (χ3n) is 4.25. The van der Waals surface area contributed by atoms with Crippen LogP contribution >= 0.6 is 23.4 Å². The summed E-state index contributed by atoms with van der Waals surface area (Å²) < 4.78 is 7.21. The maximum absolute atomic E-state index is 12.6. The van der Waals surface area contributed by atoms with E-state index in [9.17, 15) is 4.79 Å². The molecule has 0 bridgehead atoms. The lowest BCUT2D eigenvalue weighted by molar-refractivity contribution is 0.102. The highest BCUT2D eigenvalue weighted by molar-refractivity contribution is 7.99. The van der Waals surface area contributed by atoms with Crippen molar-refractivity contribution in [3.05, 3.63) is 58.6 Å². The number of halogens is 1. The van der Waals surface area contributed by atoms with Crippen molar-refractivity contribution in [1.82, 2.24) is 14.8 Å². The number of hydrogen-bond acceptors (Lipinski definition) is 5. The van der Waals surface area contributed by atoms with Gasteiger partial charge in [0.1, 0.15) is 5.75 Å². The van der Waals surface area contributed by atoms with Crippen molar-refractivity contribution in [3.63, 3.8) is 0 Å². The van der Waals surface area contributed by atoms with Gasteiger partial charge in [0.25, 0.3) is 0 Å².